The van der Waals surface area contributed by atoms with Crippen molar-refractivity contribution in [2.45, 2.75) is 44.8 Å². The smallest absolute Gasteiger partial charge is 0.220 e. The second-order valence-electron chi connectivity index (χ2n) is 7.11. The van der Waals surface area contributed by atoms with E-state index in [9.17, 15) is 4.79 Å². The quantitative estimate of drug-likeness (QED) is 0.389. The van der Waals surface area contributed by atoms with Gasteiger partial charge in [0.1, 0.15) is 0 Å². The van der Waals surface area contributed by atoms with Crippen LogP contribution in [0.15, 0.2) is 4.99 Å². The van der Waals surface area contributed by atoms with Gasteiger partial charge in [-0.25, -0.2) is 0 Å². The number of rotatable bonds is 4. The second kappa shape index (κ2) is 8.78. The number of likely N-dealkylation sites (tertiary alicyclic amines) is 1. The van der Waals surface area contributed by atoms with Crippen molar-refractivity contribution in [3.05, 3.63) is 0 Å². The average molecular weight is 454 g/mol. The third-order valence-electron chi connectivity index (χ3n) is 4.65. The van der Waals surface area contributed by atoms with E-state index >= 15 is 0 Å². The summed E-state index contributed by atoms with van der Waals surface area (Å²) in [6, 6.07) is 0. The van der Waals surface area contributed by atoms with Crippen LogP contribution in [0.2, 0.25) is 0 Å². The zero-order valence-electron chi connectivity index (χ0n) is 14.8. The maximum atomic E-state index is 11.6. The Balaban J connectivity index is 0.00000264. The predicted octanol–water partition coefficient (Wildman–Crippen LogP) is 2.31. The van der Waals surface area contributed by atoms with Crippen molar-refractivity contribution in [2.24, 2.45) is 10.4 Å². The topological polar surface area (TPSA) is 56.7 Å². The van der Waals surface area contributed by atoms with Crippen LogP contribution < -0.4 is 10.6 Å². The van der Waals surface area contributed by atoms with E-state index in [2.05, 4.69) is 42.6 Å². The summed E-state index contributed by atoms with van der Waals surface area (Å²) < 4.78 is 0.152. The molecule has 0 aliphatic carbocycles. The van der Waals surface area contributed by atoms with Gasteiger partial charge in [0.05, 0.1) is 6.54 Å². The molecule has 0 aromatic rings. The maximum Gasteiger partial charge on any atom is 0.220 e. The molecule has 0 bridgehead atoms. The molecule has 1 unspecified atom stereocenters. The summed E-state index contributed by atoms with van der Waals surface area (Å²) in [5.41, 5.74) is 0.112. The van der Waals surface area contributed by atoms with Gasteiger partial charge in [-0.2, -0.15) is 11.8 Å². The highest BCUT2D eigenvalue weighted by Gasteiger charge is 2.42. The molecule has 2 rings (SSSR count). The van der Waals surface area contributed by atoms with Crippen molar-refractivity contribution in [3.63, 3.8) is 0 Å². The van der Waals surface area contributed by atoms with E-state index in [0.29, 0.717) is 6.42 Å². The minimum Gasteiger partial charge on any atom is -0.357 e. The first-order valence-corrected chi connectivity index (χ1v) is 9.47. The monoisotopic (exact) mass is 454 g/mol. The van der Waals surface area contributed by atoms with E-state index in [0.717, 1.165) is 51.5 Å². The number of carbonyl (C=O) groups is 1. The van der Waals surface area contributed by atoms with Crippen LogP contribution in [0.4, 0.5) is 0 Å². The number of carbonyl (C=O) groups excluding carboxylic acids is 1. The van der Waals surface area contributed by atoms with Gasteiger partial charge < -0.3 is 15.5 Å². The van der Waals surface area contributed by atoms with Gasteiger partial charge in [-0.15, -0.1) is 24.0 Å². The first kappa shape index (κ1) is 20.9. The lowest BCUT2D eigenvalue weighted by Crippen LogP contribution is -2.51. The molecule has 0 aromatic carbocycles. The Kier molecular flexibility index (Phi) is 7.97. The van der Waals surface area contributed by atoms with Gasteiger partial charge in [-0.05, 0) is 39.9 Å². The number of aliphatic imine (C=N–C) groups is 1. The average Bonchev–Trinajstić information content (AvgIpc) is 2.84. The lowest BCUT2D eigenvalue weighted by atomic mass is 9.79. The molecule has 1 spiro atoms. The van der Waals surface area contributed by atoms with Crippen molar-refractivity contribution in [1.29, 1.82) is 0 Å². The van der Waals surface area contributed by atoms with Crippen LogP contribution in [0.25, 0.3) is 0 Å². The molecule has 1 atom stereocenters. The Morgan fingerprint density at radius 2 is 2.26 bits per heavy atom. The lowest BCUT2D eigenvalue weighted by Gasteiger charge is -2.41. The molecule has 23 heavy (non-hydrogen) atoms. The molecule has 1 amide bonds. The number of amides is 1. The molecule has 5 nitrogen and oxygen atoms in total. The van der Waals surface area contributed by atoms with Crippen molar-refractivity contribution < 1.29 is 4.79 Å². The maximum absolute atomic E-state index is 11.6. The molecule has 0 saturated carbocycles. The fraction of sp³-hybridized carbons (Fsp3) is 0.875. The molecule has 2 aliphatic heterocycles. The van der Waals surface area contributed by atoms with Gasteiger partial charge in [0, 0.05) is 42.8 Å². The van der Waals surface area contributed by atoms with Crippen molar-refractivity contribution >= 4 is 47.6 Å². The lowest BCUT2D eigenvalue weighted by molar-refractivity contribution is -0.119. The summed E-state index contributed by atoms with van der Waals surface area (Å²) in [5.74, 6) is 1.20. The SMILES string of the molecule is CCNC(=NCC(C)(C)SC)N1CCCC2(CNC(=O)C2)C1.I. The number of nitrogens with one attached hydrogen (secondary N) is 2. The Hall–Kier alpha value is -0.180. The third kappa shape index (κ3) is 5.69. The summed E-state index contributed by atoms with van der Waals surface area (Å²) in [6.45, 7) is 11.0. The van der Waals surface area contributed by atoms with E-state index in [1.807, 2.05) is 11.8 Å². The third-order valence-corrected chi connectivity index (χ3v) is 5.89. The second-order valence-corrected chi connectivity index (χ2v) is 8.63. The number of halogens is 1. The molecule has 2 fully saturated rings. The van der Waals surface area contributed by atoms with Gasteiger partial charge in [0.15, 0.2) is 5.96 Å². The molecule has 0 radical (unpaired) electrons. The minimum atomic E-state index is 0. The first-order valence-electron chi connectivity index (χ1n) is 8.25. The Bertz CT molecular complexity index is 444. The van der Waals surface area contributed by atoms with E-state index in [4.69, 9.17) is 4.99 Å². The van der Waals surface area contributed by atoms with Crippen molar-refractivity contribution in [2.75, 3.05) is 39.0 Å². The Morgan fingerprint density at radius 1 is 1.52 bits per heavy atom. The van der Waals surface area contributed by atoms with Gasteiger partial charge in [-0.3, -0.25) is 9.79 Å². The predicted molar refractivity (Wildman–Crippen MR) is 110 cm³/mol. The van der Waals surface area contributed by atoms with Crippen LogP contribution in [-0.2, 0) is 4.79 Å². The molecular weight excluding hydrogens is 423 g/mol. The first-order chi connectivity index (χ1) is 10.4. The van der Waals surface area contributed by atoms with Crippen LogP contribution in [-0.4, -0.2) is 60.5 Å². The zero-order chi connectivity index (χ0) is 16.2. The minimum absolute atomic E-state index is 0. The van der Waals surface area contributed by atoms with Crippen LogP contribution in [0.5, 0.6) is 0 Å². The van der Waals surface area contributed by atoms with E-state index in [1.165, 1.54) is 0 Å². The Labute approximate surface area is 161 Å². The highest BCUT2D eigenvalue weighted by molar-refractivity contribution is 14.0. The van der Waals surface area contributed by atoms with Crippen LogP contribution in [0, 0.1) is 5.41 Å². The number of hydrogen-bond donors (Lipinski definition) is 2. The van der Waals surface area contributed by atoms with E-state index in [1.54, 1.807) is 0 Å². The van der Waals surface area contributed by atoms with Crippen LogP contribution >= 0.6 is 35.7 Å². The normalized spacial score (nSPS) is 25.3. The van der Waals surface area contributed by atoms with Crippen LogP contribution in [0.1, 0.15) is 40.0 Å². The largest absolute Gasteiger partial charge is 0.357 e. The molecule has 2 saturated heterocycles. The van der Waals surface area contributed by atoms with Gasteiger partial charge >= 0.3 is 0 Å². The van der Waals surface area contributed by atoms with E-state index in [-0.39, 0.29) is 40.0 Å². The summed E-state index contributed by atoms with van der Waals surface area (Å²) in [6.07, 6.45) is 5.07. The standard InChI is InChI=1S/C16H30N4OS.HI/c1-5-17-14(19-10-15(2,3)22-4)20-8-6-7-16(12-20)9-13(21)18-11-16;/h5-12H2,1-4H3,(H,17,19)(H,18,21);1H. The molecule has 0 aromatic heterocycles. The van der Waals surface area contributed by atoms with Crippen molar-refractivity contribution in [3.8, 4) is 0 Å². The highest BCUT2D eigenvalue weighted by Crippen LogP contribution is 2.36. The van der Waals surface area contributed by atoms with Crippen molar-refractivity contribution in [1.82, 2.24) is 15.5 Å². The fourth-order valence-corrected chi connectivity index (χ4v) is 3.38. The van der Waals surface area contributed by atoms with Gasteiger partial charge in [0.2, 0.25) is 5.91 Å². The highest BCUT2D eigenvalue weighted by atomic mass is 127. The number of hydrogen-bond acceptors (Lipinski definition) is 3. The number of piperidine rings is 1. The van der Waals surface area contributed by atoms with Gasteiger partial charge in [0.25, 0.3) is 0 Å². The molecule has 2 heterocycles. The summed E-state index contributed by atoms with van der Waals surface area (Å²) in [4.78, 5) is 18.8. The number of guanidine groups is 1. The van der Waals surface area contributed by atoms with Crippen LogP contribution in [0.3, 0.4) is 0 Å². The summed E-state index contributed by atoms with van der Waals surface area (Å²) >= 11 is 1.84. The summed E-state index contributed by atoms with van der Waals surface area (Å²) in [7, 11) is 0. The molecule has 2 N–H and O–H groups in total. The fourth-order valence-electron chi connectivity index (χ4n) is 3.18. The van der Waals surface area contributed by atoms with Gasteiger partial charge in [-0.1, -0.05) is 0 Å². The molecule has 7 heteroatoms. The summed E-state index contributed by atoms with van der Waals surface area (Å²) in [5, 5.41) is 6.44. The number of thioether (sulfide) groups is 1. The molecular formula is C16H31IN4OS. The van der Waals surface area contributed by atoms with E-state index < -0.39 is 0 Å². The Morgan fingerprint density at radius 3 is 2.83 bits per heavy atom. The molecule has 2 aliphatic rings. The molecule has 134 valence electrons. The number of nitrogens with zero attached hydrogens (tertiary/aromatic N) is 2. The zero-order valence-corrected chi connectivity index (χ0v) is 17.9.